The van der Waals surface area contributed by atoms with Crippen molar-refractivity contribution in [3.63, 3.8) is 0 Å². The van der Waals surface area contributed by atoms with Crippen molar-refractivity contribution in [1.82, 2.24) is 10.2 Å². The molecule has 2 rings (SSSR count). The van der Waals surface area contributed by atoms with Gasteiger partial charge in [-0.25, -0.2) is 4.79 Å². The van der Waals surface area contributed by atoms with Crippen LogP contribution >= 0.6 is 0 Å². The van der Waals surface area contributed by atoms with Crippen molar-refractivity contribution in [2.75, 3.05) is 13.2 Å². The molecule has 27 heavy (non-hydrogen) atoms. The van der Waals surface area contributed by atoms with Gasteiger partial charge in [-0.15, -0.1) is 0 Å². The zero-order chi connectivity index (χ0) is 22.3. The molecular weight excluding hydrogens is 348 g/mol. The zero-order valence-electron chi connectivity index (χ0n) is 18.4. The van der Waals surface area contributed by atoms with E-state index in [4.69, 9.17) is 8.85 Å². The molecule has 0 radical (unpaired) electrons. The summed E-state index contributed by atoms with van der Waals surface area (Å²) in [6.45, 7) is -0.847. The first-order chi connectivity index (χ1) is 14.1. The maximum absolute atomic E-state index is 13.0. The molecule has 1 aromatic carbocycles. The van der Waals surface area contributed by atoms with Crippen molar-refractivity contribution in [1.29, 1.82) is 0 Å². The normalized spacial score (nSPS) is 20.9. The van der Waals surface area contributed by atoms with Crippen LogP contribution in [0.1, 0.15) is 42.7 Å². The quantitative estimate of drug-likeness (QED) is 0.633. The van der Waals surface area contributed by atoms with Crippen LogP contribution in [0.15, 0.2) is 30.3 Å². The van der Waals surface area contributed by atoms with E-state index in [1.54, 1.807) is 6.92 Å². The Bertz CT molecular complexity index is 742. The lowest BCUT2D eigenvalue weighted by Crippen LogP contribution is -2.53. The average Bonchev–Trinajstić information content (AvgIpc) is 3.18. The first-order valence-corrected chi connectivity index (χ1v) is 9.15. The molecule has 1 fully saturated rings. The van der Waals surface area contributed by atoms with Gasteiger partial charge in [0, 0.05) is 10.7 Å². The Morgan fingerprint density at radius 2 is 2.11 bits per heavy atom. The number of esters is 1. The molecule has 1 aromatic rings. The summed E-state index contributed by atoms with van der Waals surface area (Å²) in [7, 11) is 0. The number of nitrogens with zero attached hydrogens (tertiary/aromatic N) is 1. The molecule has 0 unspecified atom stereocenters. The molecule has 1 aliphatic rings. The Hall–Kier alpha value is -2.41. The van der Waals surface area contributed by atoms with Gasteiger partial charge >= 0.3 is 11.9 Å². The maximum atomic E-state index is 13.0. The highest BCUT2D eigenvalue weighted by molar-refractivity contribution is 5.88. The number of hydrogen-bond donors (Lipinski definition) is 2. The van der Waals surface area contributed by atoms with E-state index >= 15 is 0 Å². The molecular formula is C20H28N2O5. The Labute approximate surface area is 163 Å². The van der Waals surface area contributed by atoms with E-state index in [1.165, 1.54) is 0 Å². The van der Waals surface area contributed by atoms with Crippen LogP contribution in [0, 0.1) is 0 Å². The standard InChI is InChI=1S/C20H28N2O5/c1-3-27-20(26)16(12-11-15-8-5-4-6-9-15)21-14(2)18(23)22-13-7-10-17(22)19(24)25/h4-6,8-9,14,16-17,21H,3,7,10-13H2,1-2H3,(H,24,25)/t14-,16-,17-/m0/s1/i2D3. The number of carboxylic acids is 1. The molecule has 0 spiro atoms. The molecule has 3 atom stereocenters. The second-order valence-corrected chi connectivity index (χ2v) is 6.46. The van der Waals surface area contributed by atoms with Crippen LogP contribution in [0.2, 0.25) is 0 Å². The lowest BCUT2D eigenvalue weighted by Gasteiger charge is -2.27. The topological polar surface area (TPSA) is 95.9 Å². The summed E-state index contributed by atoms with van der Waals surface area (Å²) in [6, 6.07) is 5.56. The van der Waals surface area contributed by atoms with Crippen LogP contribution < -0.4 is 5.32 Å². The minimum Gasteiger partial charge on any atom is -0.480 e. The number of benzene rings is 1. The minimum atomic E-state index is -2.76. The molecule has 2 N–H and O–H groups in total. The summed E-state index contributed by atoms with van der Waals surface area (Å²) >= 11 is 0. The number of likely N-dealkylation sites (tertiary alicyclic amines) is 1. The molecule has 1 saturated heterocycles. The van der Waals surface area contributed by atoms with E-state index < -0.39 is 42.8 Å². The van der Waals surface area contributed by atoms with Gasteiger partial charge in [0.1, 0.15) is 12.1 Å². The Kier molecular flexibility index (Phi) is 6.24. The molecule has 1 amide bonds. The van der Waals surface area contributed by atoms with Crippen molar-refractivity contribution in [3.05, 3.63) is 35.9 Å². The van der Waals surface area contributed by atoms with Gasteiger partial charge in [0.25, 0.3) is 0 Å². The summed E-state index contributed by atoms with van der Waals surface area (Å²) in [4.78, 5) is 38.0. The Morgan fingerprint density at radius 3 is 2.74 bits per heavy atom. The van der Waals surface area contributed by atoms with Crippen molar-refractivity contribution >= 4 is 17.8 Å². The van der Waals surface area contributed by atoms with Gasteiger partial charge in [0.15, 0.2) is 0 Å². The molecule has 0 aromatic heterocycles. The van der Waals surface area contributed by atoms with E-state index in [1.807, 2.05) is 30.3 Å². The zero-order valence-corrected chi connectivity index (χ0v) is 15.4. The minimum absolute atomic E-state index is 0.113. The molecule has 7 heteroatoms. The van der Waals surface area contributed by atoms with Gasteiger partial charge in [0.05, 0.1) is 12.6 Å². The van der Waals surface area contributed by atoms with Crippen molar-refractivity contribution < 1.29 is 28.3 Å². The summed E-state index contributed by atoms with van der Waals surface area (Å²) in [5.41, 5.74) is 0.954. The van der Waals surface area contributed by atoms with E-state index in [2.05, 4.69) is 5.32 Å². The second-order valence-electron chi connectivity index (χ2n) is 6.46. The fourth-order valence-corrected chi connectivity index (χ4v) is 3.19. The van der Waals surface area contributed by atoms with E-state index in [0.29, 0.717) is 12.8 Å². The molecule has 148 valence electrons. The fourth-order valence-electron chi connectivity index (χ4n) is 3.19. The average molecular weight is 379 g/mol. The number of amides is 1. The number of carboxylic acid groups (broad SMARTS) is 1. The predicted molar refractivity (Wildman–Crippen MR) is 100 cm³/mol. The van der Waals surface area contributed by atoms with E-state index in [-0.39, 0.29) is 26.0 Å². The number of carbonyl (C=O) groups excluding carboxylic acids is 2. The number of ether oxygens (including phenoxy) is 1. The lowest BCUT2D eigenvalue weighted by atomic mass is 10.0. The Morgan fingerprint density at radius 1 is 1.37 bits per heavy atom. The van der Waals surface area contributed by atoms with Crippen LogP contribution in [0.4, 0.5) is 0 Å². The van der Waals surface area contributed by atoms with Crippen LogP contribution in [-0.2, 0) is 25.5 Å². The first-order valence-electron chi connectivity index (χ1n) is 10.6. The van der Waals surface area contributed by atoms with Gasteiger partial charge in [-0.1, -0.05) is 30.3 Å². The number of aryl methyl sites for hydroxylation is 1. The van der Waals surface area contributed by atoms with Crippen LogP contribution in [0.5, 0.6) is 0 Å². The van der Waals surface area contributed by atoms with Crippen LogP contribution in [0.3, 0.4) is 0 Å². The smallest absolute Gasteiger partial charge is 0.326 e. The summed E-state index contributed by atoms with van der Waals surface area (Å²) in [6.07, 6.45) is 1.45. The fraction of sp³-hybridized carbons (Fsp3) is 0.550. The van der Waals surface area contributed by atoms with E-state index in [0.717, 1.165) is 10.5 Å². The van der Waals surface area contributed by atoms with Crippen LogP contribution in [0.25, 0.3) is 0 Å². The summed E-state index contributed by atoms with van der Waals surface area (Å²) in [5, 5.41) is 12.0. The maximum Gasteiger partial charge on any atom is 0.326 e. The van der Waals surface area contributed by atoms with Crippen molar-refractivity contribution in [2.45, 2.75) is 57.6 Å². The second kappa shape index (κ2) is 10.1. The van der Waals surface area contributed by atoms with E-state index in [9.17, 15) is 19.5 Å². The summed E-state index contributed by atoms with van der Waals surface area (Å²) in [5.74, 6) is -2.66. The van der Waals surface area contributed by atoms with Gasteiger partial charge in [0.2, 0.25) is 5.91 Å². The van der Waals surface area contributed by atoms with Crippen LogP contribution in [-0.4, -0.2) is 59.1 Å². The number of nitrogens with one attached hydrogen (secondary N) is 1. The number of aliphatic carboxylic acids is 1. The predicted octanol–water partition coefficient (Wildman–Crippen LogP) is 1.60. The molecule has 0 aliphatic carbocycles. The van der Waals surface area contributed by atoms with Gasteiger partial charge in [-0.05, 0) is 45.0 Å². The Balaban J connectivity index is 2.21. The molecule has 0 bridgehead atoms. The molecule has 0 saturated carbocycles. The highest BCUT2D eigenvalue weighted by Gasteiger charge is 2.36. The highest BCUT2D eigenvalue weighted by Crippen LogP contribution is 2.19. The third kappa shape index (κ3) is 5.79. The monoisotopic (exact) mass is 379 g/mol. The largest absolute Gasteiger partial charge is 0.480 e. The third-order valence-corrected chi connectivity index (χ3v) is 4.57. The lowest BCUT2D eigenvalue weighted by molar-refractivity contribution is -0.150. The number of rotatable bonds is 9. The van der Waals surface area contributed by atoms with Crippen molar-refractivity contribution in [3.8, 4) is 0 Å². The SMILES string of the molecule is [2H]C([2H])([2H])[C@H](N[C@@H](CCc1ccccc1)C(=O)OCC)C(=O)N1CCC[C@H]1C(=O)O. The van der Waals surface area contributed by atoms with Crippen molar-refractivity contribution in [2.24, 2.45) is 0 Å². The highest BCUT2D eigenvalue weighted by atomic mass is 16.5. The first kappa shape index (κ1) is 16.7. The molecule has 1 heterocycles. The van der Waals surface area contributed by atoms with Gasteiger partial charge in [-0.2, -0.15) is 0 Å². The number of hydrogen-bond acceptors (Lipinski definition) is 5. The van der Waals surface area contributed by atoms with Gasteiger partial charge in [-0.3, -0.25) is 14.9 Å². The van der Waals surface area contributed by atoms with Gasteiger partial charge < -0.3 is 14.7 Å². The third-order valence-electron chi connectivity index (χ3n) is 4.57. The number of carbonyl (C=O) groups is 3. The molecule has 1 aliphatic heterocycles. The summed E-state index contributed by atoms with van der Waals surface area (Å²) < 4.78 is 28.5. The molecule has 7 nitrogen and oxygen atoms in total.